The van der Waals surface area contributed by atoms with Crippen LogP contribution in [-0.2, 0) is 26.3 Å². The second-order valence-corrected chi connectivity index (χ2v) is 11.0. The van der Waals surface area contributed by atoms with Crippen LogP contribution in [0.3, 0.4) is 0 Å². The molecule has 0 spiro atoms. The Hall–Kier alpha value is -3.99. The van der Waals surface area contributed by atoms with Crippen molar-refractivity contribution in [3.63, 3.8) is 0 Å². The van der Waals surface area contributed by atoms with Gasteiger partial charge in [0.05, 0.1) is 0 Å². The van der Waals surface area contributed by atoms with Crippen molar-refractivity contribution in [1.29, 1.82) is 0 Å². The minimum atomic E-state index is -2.89. The third kappa shape index (κ3) is 4.61. The molecule has 1 aliphatic heterocycles. The summed E-state index contributed by atoms with van der Waals surface area (Å²) in [5.74, 6) is -5.28. The van der Waals surface area contributed by atoms with Crippen molar-refractivity contribution in [2.75, 3.05) is 9.80 Å². The Morgan fingerprint density at radius 2 is 1.78 bits per heavy atom. The van der Waals surface area contributed by atoms with E-state index in [2.05, 4.69) is 15.3 Å². The van der Waals surface area contributed by atoms with Gasteiger partial charge in [-0.05, 0) is 55.2 Å². The highest BCUT2D eigenvalue weighted by Crippen LogP contribution is 2.49. The molecule has 3 aliphatic rings. The van der Waals surface area contributed by atoms with Crippen molar-refractivity contribution in [3.8, 4) is 0 Å². The number of fused-ring (bicyclic) bond motifs is 1. The number of halogens is 4. The molecule has 41 heavy (non-hydrogen) atoms. The van der Waals surface area contributed by atoms with E-state index < -0.39 is 54.0 Å². The Kier molecular flexibility index (Phi) is 6.72. The number of alkyl halides is 2. The molecule has 2 fully saturated rings. The second-order valence-electron chi connectivity index (χ2n) is 10.6. The summed E-state index contributed by atoms with van der Waals surface area (Å²) in [6, 6.07) is 9.96. The van der Waals surface area contributed by atoms with Gasteiger partial charge in [-0.25, -0.2) is 23.1 Å². The van der Waals surface area contributed by atoms with Crippen molar-refractivity contribution in [3.05, 3.63) is 82.9 Å². The number of nitrogens with one attached hydrogen (secondary N) is 1. The molecular formula is C29H25ClF3N5O3. The first kappa shape index (κ1) is 27.2. The first-order valence-corrected chi connectivity index (χ1v) is 13.6. The largest absolute Gasteiger partial charge is 0.351 e. The third-order valence-electron chi connectivity index (χ3n) is 8.00. The van der Waals surface area contributed by atoms with E-state index >= 15 is 0 Å². The van der Waals surface area contributed by atoms with Crippen LogP contribution in [0.4, 0.5) is 24.8 Å². The van der Waals surface area contributed by atoms with Crippen molar-refractivity contribution < 1.29 is 27.6 Å². The van der Waals surface area contributed by atoms with Gasteiger partial charge in [0.15, 0.2) is 5.54 Å². The number of carbonyl (C=O) groups is 3. The van der Waals surface area contributed by atoms with Gasteiger partial charge in [0.2, 0.25) is 11.9 Å². The molecule has 1 N–H and O–H groups in total. The Labute approximate surface area is 238 Å². The van der Waals surface area contributed by atoms with Gasteiger partial charge in [-0.3, -0.25) is 24.2 Å². The lowest BCUT2D eigenvalue weighted by atomic mass is 9.83. The second kappa shape index (κ2) is 10.1. The zero-order valence-electron chi connectivity index (χ0n) is 21.7. The van der Waals surface area contributed by atoms with Gasteiger partial charge >= 0.3 is 0 Å². The molecule has 3 aromatic rings. The van der Waals surface area contributed by atoms with Crippen LogP contribution in [0.2, 0.25) is 5.02 Å². The summed E-state index contributed by atoms with van der Waals surface area (Å²) < 4.78 is 42.1. The van der Waals surface area contributed by atoms with E-state index in [0.717, 1.165) is 6.07 Å². The minimum absolute atomic E-state index is 0.0209. The molecule has 0 radical (unpaired) electrons. The maximum Gasteiger partial charge on any atom is 0.252 e. The molecule has 2 heterocycles. The van der Waals surface area contributed by atoms with Crippen LogP contribution in [-0.4, -0.2) is 45.7 Å². The number of rotatable bonds is 6. The summed E-state index contributed by atoms with van der Waals surface area (Å²) in [5, 5.41) is 2.92. The average Bonchev–Trinajstić information content (AvgIpc) is 3.51. The molecular weight excluding hydrogens is 559 g/mol. The number of carbonyl (C=O) groups excluding carboxylic acids is 3. The predicted octanol–water partition coefficient (Wildman–Crippen LogP) is 4.55. The van der Waals surface area contributed by atoms with E-state index in [0.29, 0.717) is 17.5 Å². The normalized spacial score (nSPS) is 23.2. The molecule has 0 bridgehead atoms. The summed E-state index contributed by atoms with van der Waals surface area (Å²) in [6.07, 6.45) is 2.35. The van der Waals surface area contributed by atoms with Crippen LogP contribution in [0.1, 0.15) is 43.2 Å². The molecule has 1 aromatic heterocycles. The number of aryl methyl sites for hydroxylation is 1. The SMILES string of the molecule is O=C1CC[C@@H](C(=O)N(c2cccc(F)c2)[C@@]2(C(=O)NC3CC(F)(F)C3)CCc3cccc(Cl)c32)N1c1ncccn1. The molecule has 6 rings (SSSR count). The van der Waals surface area contributed by atoms with Gasteiger partial charge in [0, 0.05) is 54.0 Å². The Balaban J connectivity index is 1.51. The lowest BCUT2D eigenvalue weighted by molar-refractivity contribution is -0.137. The van der Waals surface area contributed by atoms with Crippen molar-refractivity contribution in [2.45, 2.75) is 62.1 Å². The molecule has 2 aliphatic carbocycles. The van der Waals surface area contributed by atoms with E-state index in [1.54, 1.807) is 24.3 Å². The van der Waals surface area contributed by atoms with E-state index in [4.69, 9.17) is 11.6 Å². The van der Waals surface area contributed by atoms with Crippen LogP contribution in [0.25, 0.3) is 0 Å². The van der Waals surface area contributed by atoms with Crippen LogP contribution in [0.5, 0.6) is 0 Å². The fourth-order valence-electron chi connectivity index (χ4n) is 6.19. The molecule has 12 heteroatoms. The topological polar surface area (TPSA) is 95.5 Å². The van der Waals surface area contributed by atoms with Crippen LogP contribution < -0.4 is 15.1 Å². The highest BCUT2D eigenvalue weighted by Gasteiger charge is 2.57. The summed E-state index contributed by atoms with van der Waals surface area (Å²) in [5.41, 5.74) is -0.704. The average molecular weight is 584 g/mol. The lowest BCUT2D eigenvalue weighted by Gasteiger charge is -2.45. The molecule has 1 saturated heterocycles. The minimum Gasteiger partial charge on any atom is -0.351 e. The zero-order valence-corrected chi connectivity index (χ0v) is 22.5. The first-order chi connectivity index (χ1) is 19.6. The number of benzene rings is 2. The zero-order chi connectivity index (χ0) is 28.9. The van der Waals surface area contributed by atoms with E-state index in [9.17, 15) is 27.6 Å². The van der Waals surface area contributed by atoms with E-state index in [-0.39, 0.29) is 41.8 Å². The van der Waals surface area contributed by atoms with E-state index in [1.807, 2.05) is 0 Å². The van der Waals surface area contributed by atoms with Crippen LogP contribution >= 0.6 is 11.6 Å². The molecule has 2 atom stereocenters. The maximum atomic E-state index is 14.7. The van der Waals surface area contributed by atoms with Crippen molar-refractivity contribution >= 4 is 41.0 Å². The standard InChI is InChI=1S/C29H25ClF3N5O3/c30-21-7-1-4-17-10-11-29(24(17)21,26(41)36-19-15-28(32,33)16-19)38(20-6-2-5-18(31)14-20)25(40)22-8-9-23(39)37(22)27-34-12-3-13-35-27/h1-7,12-14,19,22H,8-11,15-16H2,(H,36,41)/t22-,29-/m0/s1. The van der Waals surface area contributed by atoms with Crippen molar-refractivity contribution in [1.82, 2.24) is 15.3 Å². The number of aromatic nitrogens is 2. The molecule has 2 aromatic carbocycles. The van der Waals surface area contributed by atoms with Gasteiger partial charge in [-0.15, -0.1) is 0 Å². The summed E-state index contributed by atoms with van der Waals surface area (Å²) >= 11 is 6.71. The summed E-state index contributed by atoms with van der Waals surface area (Å²) in [7, 11) is 0. The van der Waals surface area contributed by atoms with E-state index in [1.165, 1.54) is 40.4 Å². The van der Waals surface area contributed by atoms with Gasteiger partial charge in [0.25, 0.3) is 17.7 Å². The number of hydrogen-bond donors (Lipinski definition) is 1. The maximum absolute atomic E-state index is 14.7. The Bertz CT molecular complexity index is 1530. The van der Waals surface area contributed by atoms with Gasteiger partial charge in [-0.2, -0.15) is 0 Å². The number of nitrogens with zero attached hydrogens (tertiary/aromatic N) is 4. The Morgan fingerprint density at radius 3 is 2.49 bits per heavy atom. The number of anilines is 2. The van der Waals surface area contributed by atoms with Gasteiger partial charge in [-0.1, -0.05) is 29.8 Å². The highest BCUT2D eigenvalue weighted by atomic mass is 35.5. The van der Waals surface area contributed by atoms with Crippen LogP contribution in [0, 0.1) is 5.82 Å². The fraction of sp³-hybridized carbons (Fsp3) is 0.345. The highest BCUT2D eigenvalue weighted by molar-refractivity contribution is 6.32. The Morgan fingerprint density at radius 1 is 1.05 bits per heavy atom. The van der Waals surface area contributed by atoms with Gasteiger partial charge < -0.3 is 5.32 Å². The summed E-state index contributed by atoms with van der Waals surface area (Å²) in [4.78, 5) is 52.7. The summed E-state index contributed by atoms with van der Waals surface area (Å²) in [6.45, 7) is 0. The van der Waals surface area contributed by atoms with Crippen molar-refractivity contribution in [2.24, 2.45) is 0 Å². The molecule has 3 amide bonds. The van der Waals surface area contributed by atoms with Gasteiger partial charge in [0.1, 0.15) is 11.9 Å². The number of amides is 3. The smallest absolute Gasteiger partial charge is 0.252 e. The molecule has 8 nitrogen and oxygen atoms in total. The fourth-order valence-corrected chi connectivity index (χ4v) is 6.54. The quantitative estimate of drug-likeness (QED) is 0.459. The molecule has 0 unspecified atom stereocenters. The molecule has 212 valence electrons. The lowest BCUT2D eigenvalue weighted by Crippen LogP contribution is -2.64. The van der Waals surface area contributed by atoms with Crippen LogP contribution in [0.15, 0.2) is 60.9 Å². The first-order valence-electron chi connectivity index (χ1n) is 13.3. The number of hydrogen-bond acceptors (Lipinski definition) is 5. The molecule has 1 saturated carbocycles. The predicted molar refractivity (Wildman–Crippen MR) is 144 cm³/mol. The monoisotopic (exact) mass is 583 g/mol. The third-order valence-corrected chi connectivity index (χ3v) is 8.32.